The van der Waals surface area contributed by atoms with Crippen LogP contribution in [0.25, 0.3) is 0 Å². The van der Waals surface area contributed by atoms with Crippen LogP contribution < -0.4 is 16.4 Å². The fraction of sp³-hybridized carbons (Fsp3) is 0.400. The van der Waals surface area contributed by atoms with E-state index in [1.807, 2.05) is 6.07 Å². The second-order valence-corrected chi connectivity index (χ2v) is 5.36. The summed E-state index contributed by atoms with van der Waals surface area (Å²) in [5, 5.41) is 15.1. The fourth-order valence-electron chi connectivity index (χ4n) is 2.44. The second kappa shape index (κ2) is 7.59. The summed E-state index contributed by atoms with van der Waals surface area (Å²) in [5.41, 5.74) is 5.43. The van der Waals surface area contributed by atoms with E-state index in [2.05, 4.69) is 10.6 Å². The Hall–Kier alpha value is -2.61. The molecule has 1 aromatic carbocycles. The monoisotopic (exact) mass is 320 g/mol. The molecule has 23 heavy (non-hydrogen) atoms. The van der Waals surface area contributed by atoms with Gasteiger partial charge in [0.1, 0.15) is 0 Å². The van der Waals surface area contributed by atoms with Crippen LogP contribution in [-0.4, -0.2) is 59.6 Å². The Morgan fingerprint density at radius 3 is 2.57 bits per heavy atom. The second-order valence-electron chi connectivity index (χ2n) is 5.36. The third kappa shape index (κ3) is 4.68. The zero-order chi connectivity index (χ0) is 16.8. The van der Waals surface area contributed by atoms with Crippen LogP contribution in [0.15, 0.2) is 30.3 Å². The molecule has 1 aromatic rings. The molecule has 0 spiro atoms. The van der Waals surface area contributed by atoms with Crippen LogP contribution in [0.1, 0.15) is 16.8 Å². The maximum atomic E-state index is 12.1. The van der Waals surface area contributed by atoms with Crippen molar-refractivity contribution >= 4 is 17.8 Å². The molecular formula is C15H20N4O4. The maximum Gasteiger partial charge on any atom is 0.312 e. The van der Waals surface area contributed by atoms with Crippen molar-refractivity contribution < 1.29 is 19.5 Å². The van der Waals surface area contributed by atoms with Gasteiger partial charge in [-0.2, -0.15) is 0 Å². The number of hydrogen-bond acceptors (Lipinski definition) is 4. The smallest absolute Gasteiger partial charge is 0.312 e. The summed E-state index contributed by atoms with van der Waals surface area (Å²) in [6.45, 7) is 0.276. The lowest BCUT2D eigenvalue weighted by Gasteiger charge is -2.36. The van der Waals surface area contributed by atoms with Crippen molar-refractivity contribution in [3.8, 4) is 0 Å². The van der Waals surface area contributed by atoms with Crippen LogP contribution in [-0.2, 0) is 4.79 Å². The Kier molecular flexibility index (Phi) is 5.53. The van der Waals surface area contributed by atoms with Gasteiger partial charge in [0.25, 0.3) is 5.91 Å². The number of rotatable bonds is 4. The van der Waals surface area contributed by atoms with E-state index in [9.17, 15) is 19.5 Å². The zero-order valence-electron chi connectivity index (χ0n) is 12.6. The molecule has 4 amide bonds. The van der Waals surface area contributed by atoms with Crippen molar-refractivity contribution in [1.82, 2.24) is 15.5 Å². The molecule has 1 fully saturated rings. The number of benzene rings is 1. The Labute approximate surface area is 133 Å². The highest BCUT2D eigenvalue weighted by Crippen LogP contribution is 2.12. The number of hydrogen-bond donors (Lipinski definition) is 4. The normalized spacial score (nSPS) is 20.7. The standard InChI is InChI=1S/C15H20N4O4/c16-15(23)17-8-13(21)19-7-6-11(12(20)9-19)18-14(22)10-4-2-1-3-5-10/h1-5,11-12,20H,6-9H2,(H,18,22)(H3,16,17,23)/t11-,12-/m1/s1. The topological polar surface area (TPSA) is 125 Å². The first-order valence-corrected chi connectivity index (χ1v) is 7.32. The fourth-order valence-corrected chi connectivity index (χ4v) is 2.44. The van der Waals surface area contributed by atoms with Crippen molar-refractivity contribution in [2.24, 2.45) is 5.73 Å². The minimum absolute atomic E-state index is 0.0962. The molecular weight excluding hydrogens is 300 g/mol. The number of carbonyl (C=O) groups is 3. The molecule has 1 heterocycles. The van der Waals surface area contributed by atoms with Gasteiger partial charge in [0, 0.05) is 18.7 Å². The minimum Gasteiger partial charge on any atom is -0.389 e. The molecule has 1 saturated heterocycles. The van der Waals surface area contributed by atoms with E-state index < -0.39 is 18.2 Å². The Morgan fingerprint density at radius 1 is 1.26 bits per heavy atom. The van der Waals surface area contributed by atoms with Gasteiger partial charge in [-0.1, -0.05) is 18.2 Å². The number of primary amides is 1. The predicted octanol–water partition coefficient (Wildman–Crippen LogP) is -0.953. The van der Waals surface area contributed by atoms with E-state index in [1.54, 1.807) is 24.3 Å². The maximum absolute atomic E-state index is 12.1. The molecule has 0 saturated carbocycles. The number of urea groups is 1. The summed E-state index contributed by atoms with van der Waals surface area (Å²) in [7, 11) is 0. The average molecular weight is 320 g/mol. The molecule has 5 N–H and O–H groups in total. The van der Waals surface area contributed by atoms with Crippen molar-refractivity contribution in [3.05, 3.63) is 35.9 Å². The zero-order valence-corrected chi connectivity index (χ0v) is 12.6. The lowest BCUT2D eigenvalue weighted by Crippen LogP contribution is -2.56. The largest absolute Gasteiger partial charge is 0.389 e. The third-order valence-electron chi connectivity index (χ3n) is 3.70. The van der Waals surface area contributed by atoms with Crippen molar-refractivity contribution in [2.45, 2.75) is 18.6 Å². The first-order valence-electron chi connectivity index (χ1n) is 7.32. The highest BCUT2D eigenvalue weighted by Gasteiger charge is 2.31. The molecule has 2 atom stereocenters. The highest BCUT2D eigenvalue weighted by atomic mass is 16.3. The Bertz CT molecular complexity index is 578. The molecule has 8 nitrogen and oxygen atoms in total. The summed E-state index contributed by atoms with van der Waals surface area (Å²) in [4.78, 5) is 36.0. The van der Waals surface area contributed by atoms with E-state index in [1.165, 1.54) is 4.90 Å². The van der Waals surface area contributed by atoms with E-state index >= 15 is 0 Å². The average Bonchev–Trinajstić information content (AvgIpc) is 2.55. The summed E-state index contributed by atoms with van der Waals surface area (Å²) >= 11 is 0. The van der Waals surface area contributed by atoms with Gasteiger partial charge in [-0.15, -0.1) is 0 Å². The number of nitrogens with one attached hydrogen (secondary N) is 2. The molecule has 8 heteroatoms. The van der Waals surface area contributed by atoms with Gasteiger partial charge in [0.15, 0.2) is 0 Å². The number of piperidine rings is 1. The van der Waals surface area contributed by atoms with Crippen molar-refractivity contribution in [1.29, 1.82) is 0 Å². The van der Waals surface area contributed by atoms with Crippen molar-refractivity contribution in [2.75, 3.05) is 19.6 Å². The van der Waals surface area contributed by atoms with Crippen LogP contribution in [0.2, 0.25) is 0 Å². The van der Waals surface area contributed by atoms with Crippen LogP contribution in [0, 0.1) is 0 Å². The molecule has 124 valence electrons. The van der Waals surface area contributed by atoms with E-state index in [-0.39, 0.29) is 24.9 Å². The first kappa shape index (κ1) is 16.8. The van der Waals surface area contributed by atoms with Crippen LogP contribution >= 0.6 is 0 Å². The first-order chi connectivity index (χ1) is 11.0. The van der Waals surface area contributed by atoms with Gasteiger partial charge in [-0.05, 0) is 18.6 Å². The molecule has 0 bridgehead atoms. The lowest BCUT2D eigenvalue weighted by molar-refractivity contribution is -0.133. The van der Waals surface area contributed by atoms with Crippen molar-refractivity contribution in [3.63, 3.8) is 0 Å². The molecule has 1 aliphatic heterocycles. The predicted molar refractivity (Wildman–Crippen MR) is 82.5 cm³/mol. The number of β-amino-alcohol motifs (C(OH)–C–C–N with tert-alkyl or cyclic N) is 1. The van der Waals surface area contributed by atoms with Gasteiger partial charge in [0.05, 0.1) is 18.7 Å². The van der Waals surface area contributed by atoms with Gasteiger partial charge in [-0.3, -0.25) is 9.59 Å². The molecule has 0 radical (unpaired) electrons. The van der Waals surface area contributed by atoms with Gasteiger partial charge in [-0.25, -0.2) is 4.79 Å². The third-order valence-corrected chi connectivity index (χ3v) is 3.70. The number of amides is 4. The number of nitrogens with two attached hydrogens (primary N) is 1. The number of carbonyl (C=O) groups excluding carboxylic acids is 3. The molecule has 2 rings (SSSR count). The summed E-state index contributed by atoms with van der Waals surface area (Å²) in [5.74, 6) is -0.583. The summed E-state index contributed by atoms with van der Waals surface area (Å²) in [6, 6.07) is 7.53. The molecule has 1 aliphatic rings. The molecule has 0 aromatic heterocycles. The quantitative estimate of drug-likeness (QED) is 0.570. The van der Waals surface area contributed by atoms with Crippen LogP contribution in [0.3, 0.4) is 0 Å². The summed E-state index contributed by atoms with van der Waals surface area (Å²) < 4.78 is 0. The van der Waals surface area contributed by atoms with E-state index in [4.69, 9.17) is 5.73 Å². The number of aliphatic hydroxyl groups is 1. The number of nitrogens with zero attached hydrogens (tertiary/aromatic N) is 1. The van der Waals surface area contributed by atoms with E-state index in [0.717, 1.165) is 0 Å². The van der Waals surface area contributed by atoms with Crippen LogP contribution in [0.4, 0.5) is 4.79 Å². The molecule has 0 unspecified atom stereocenters. The number of likely N-dealkylation sites (tertiary alicyclic amines) is 1. The van der Waals surface area contributed by atoms with Crippen LogP contribution in [0.5, 0.6) is 0 Å². The van der Waals surface area contributed by atoms with Gasteiger partial charge in [0.2, 0.25) is 5.91 Å². The SMILES string of the molecule is NC(=O)NCC(=O)N1CC[C@@H](NC(=O)c2ccccc2)[C@H](O)C1. The lowest BCUT2D eigenvalue weighted by atomic mass is 10.0. The number of aliphatic hydroxyl groups excluding tert-OH is 1. The van der Waals surface area contributed by atoms with Gasteiger partial charge >= 0.3 is 6.03 Å². The molecule has 0 aliphatic carbocycles. The van der Waals surface area contributed by atoms with E-state index in [0.29, 0.717) is 18.5 Å². The van der Waals surface area contributed by atoms with Gasteiger partial charge < -0.3 is 26.4 Å². The summed E-state index contributed by atoms with van der Waals surface area (Å²) in [6.07, 6.45) is -0.434. The Balaban J connectivity index is 1.85. The minimum atomic E-state index is -0.867. The Morgan fingerprint density at radius 2 is 1.96 bits per heavy atom. The highest BCUT2D eigenvalue weighted by molar-refractivity contribution is 5.94.